The van der Waals surface area contributed by atoms with Crippen LogP contribution in [0.15, 0.2) is 24.3 Å². The summed E-state index contributed by atoms with van der Waals surface area (Å²) < 4.78 is 37.7. The van der Waals surface area contributed by atoms with Crippen LogP contribution in [0.1, 0.15) is 101 Å². The average molecular weight is 640 g/mol. The molecule has 1 aromatic rings. The SMILES string of the molecule is CCCCCCCCCCCC(=O)OCCOCCOCCOCCOCCOCCOC(=O)c1ccc(NCCCC)cc1. The van der Waals surface area contributed by atoms with Gasteiger partial charge in [0.2, 0.25) is 0 Å². The van der Waals surface area contributed by atoms with Crippen molar-refractivity contribution >= 4 is 17.6 Å². The minimum absolute atomic E-state index is 0.141. The number of hydrogen-bond donors (Lipinski definition) is 1. The molecule has 0 aliphatic heterocycles. The molecule has 1 aromatic carbocycles. The van der Waals surface area contributed by atoms with Gasteiger partial charge in [-0.3, -0.25) is 4.79 Å². The fourth-order valence-corrected chi connectivity index (χ4v) is 4.26. The topological polar surface area (TPSA) is 111 Å². The van der Waals surface area contributed by atoms with E-state index in [2.05, 4.69) is 19.2 Å². The van der Waals surface area contributed by atoms with E-state index in [-0.39, 0.29) is 25.2 Å². The van der Waals surface area contributed by atoms with Crippen molar-refractivity contribution in [1.29, 1.82) is 0 Å². The third kappa shape index (κ3) is 26.7. The Morgan fingerprint density at radius 1 is 0.511 bits per heavy atom. The van der Waals surface area contributed by atoms with Crippen LogP contribution in [0.2, 0.25) is 0 Å². The van der Waals surface area contributed by atoms with Crippen LogP contribution >= 0.6 is 0 Å². The number of esters is 2. The molecule has 0 aliphatic rings. The molecule has 0 heterocycles. The van der Waals surface area contributed by atoms with Crippen molar-refractivity contribution in [3.8, 4) is 0 Å². The predicted octanol–water partition coefficient (Wildman–Crippen LogP) is 6.60. The van der Waals surface area contributed by atoms with Crippen molar-refractivity contribution in [2.45, 2.75) is 90.9 Å². The van der Waals surface area contributed by atoms with E-state index in [9.17, 15) is 9.59 Å². The summed E-state index contributed by atoms with van der Waals surface area (Å²) in [6.07, 6.45) is 13.8. The smallest absolute Gasteiger partial charge is 0.338 e. The Morgan fingerprint density at radius 3 is 1.42 bits per heavy atom. The van der Waals surface area contributed by atoms with Crippen LogP contribution in [-0.4, -0.2) is 97.8 Å². The third-order valence-corrected chi connectivity index (χ3v) is 6.90. The van der Waals surface area contributed by atoms with Gasteiger partial charge in [-0.2, -0.15) is 0 Å². The monoisotopic (exact) mass is 639 g/mol. The maximum absolute atomic E-state index is 12.1. The molecule has 0 unspecified atom stereocenters. The highest BCUT2D eigenvalue weighted by Crippen LogP contribution is 2.12. The van der Waals surface area contributed by atoms with Gasteiger partial charge < -0.3 is 38.5 Å². The van der Waals surface area contributed by atoms with Crippen LogP contribution < -0.4 is 5.32 Å². The van der Waals surface area contributed by atoms with Crippen molar-refractivity contribution in [3.05, 3.63) is 29.8 Å². The minimum atomic E-state index is -0.360. The Kier molecular flexibility index (Phi) is 28.8. The van der Waals surface area contributed by atoms with Crippen molar-refractivity contribution in [1.82, 2.24) is 0 Å². The van der Waals surface area contributed by atoms with E-state index in [1.165, 1.54) is 44.9 Å². The molecule has 0 radical (unpaired) electrons. The average Bonchev–Trinajstić information content (AvgIpc) is 3.05. The van der Waals surface area contributed by atoms with Crippen LogP contribution in [-0.2, 0) is 38.0 Å². The quantitative estimate of drug-likeness (QED) is 0.0667. The molecule has 0 amide bonds. The van der Waals surface area contributed by atoms with Gasteiger partial charge in [-0.05, 0) is 37.1 Å². The fourth-order valence-electron chi connectivity index (χ4n) is 4.26. The zero-order chi connectivity index (χ0) is 32.5. The molecule has 0 saturated heterocycles. The zero-order valence-corrected chi connectivity index (χ0v) is 28.2. The fraction of sp³-hybridized carbons (Fsp3) is 0.771. The molecule has 45 heavy (non-hydrogen) atoms. The number of carbonyl (C=O) groups excluding carboxylic acids is 2. The number of unbranched alkanes of at least 4 members (excludes halogenated alkanes) is 9. The van der Waals surface area contributed by atoms with Crippen molar-refractivity contribution in [3.63, 3.8) is 0 Å². The van der Waals surface area contributed by atoms with Crippen LogP contribution in [0, 0.1) is 0 Å². The Morgan fingerprint density at radius 2 is 0.933 bits per heavy atom. The first-order chi connectivity index (χ1) is 22.2. The number of carbonyl (C=O) groups is 2. The first kappa shape index (κ1) is 40.8. The number of anilines is 1. The van der Waals surface area contributed by atoms with Crippen LogP contribution in [0.25, 0.3) is 0 Å². The summed E-state index contributed by atoms with van der Waals surface area (Å²) in [5.74, 6) is -0.501. The molecule has 0 aromatic heterocycles. The molecule has 0 bridgehead atoms. The lowest BCUT2D eigenvalue weighted by Gasteiger charge is -2.09. The number of hydrogen-bond acceptors (Lipinski definition) is 10. The van der Waals surface area contributed by atoms with Gasteiger partial charge in [0.15, 0.2) is 0 Å². The molecule has 1 N–H and O–H groups in total. The van der Waals surface area contributed by atoms with Gasteiger partial charge in [0.25, 0.3) is 0 Å². The van der Waals surface area contributed by atoms with Crippen LogP contribution in [0.3, 0.4) is 0 Å². The molecule has 10 nitrogen and oxygen atoms in total. The largest absolute Gasteiger partial charge is 0.463 e. The third-order valence-electron chi connectivity index (χ3n) is 6.90. The zero-order valence-electron chi connectivity index (χ0n) is 28.2. The van der Waals surface area contributed by atoms with Crippen molar-refractivity contribution in [2.75, 3.05) is 91.1 Å². The van der Waals surface area contributed by atoms with Crippen molar-refractivity contribution < 1.29 is 42.7 Å². The predicted molar refractivity (Wildman–Crippen MR) is 177 cm³/mol. The maximum Gasteiger partial charge on any atom is 0.338 e. The minimum Gasteiger partial charge on any atom is -0.463 e. The molecule has 0 fully saturated rings. The van der Waals surface area contributed by atoms with E-state index in [1.54, 1.807) is 12.1 Å². The van der Waals surface area contributed by atoms with E-state index in [0.717, 1.165) is 37.9 Å². The highest BCUT2D eigenvalue weighted by molar-refractivity contribution is 5.89. The lowest BCUT2D eigenvalue weighted by molar-refractivity contribution is -0.145. The first-order valence-corrected chi connectivity index (χ1v) is 17.2. The Labute approximate surface area is 272 Å². The molecule has 260 valence electrons. The summed E-state index contributed by atoms with van der Waals surface area (Å²) in [6, 6.07) is 7.29. The molecule has 0 spiro atoms. The van der Waals surface area contributed by atoms with Crippen LogP contribution in [0.4, 0.5) is 5.69 Å². The lowest BCUT2D eigenvalue weighted by Crippen LogP contribution is -2.15. The highest BCUT2D eigenvalue weighted by atomic mass is 16.6. The maximum atomic E-state index is 12.1. The van der Waals surface area contributed by atoms with Crippen molar-refractivity contribution in [2.24, 2.45) is 0 Å². The second-order valence-corrected chi connectivity index (χ2v) is 10.9. The van der Waals surface area contributed by atoms with E-state index in [1.807, 2.05) is 12.1 Å². The Balaban J connectivity index is 1.76. The van der Waals surface area contributed by atoms with Gasteiger partial charge in [0, 0.05) is 18.7 Å². The van der Waals surface area contributed by atoms with Crippen LogP contribution in [0.5, 0.6) is 0 Å². The van der Waals surface area contributed by atoms with E-state index in [0.29, 0.717) is 78.1 Å². The van der Waals surface area contributed by atoms with Gasteiger partial charge in [-0.15, -0.1) is 0 Å². The summed E-state index contributed by atoms with van der Waals surface area (Å²) in [5, 5.41) is 3.32. The van der Waals surface area contributed by atoms with Gasteiger partial charge in [-0.1, -0.05) is 71.6 Å². The summed E-state index contributed by atoms with van der Waals surface area (Å²) >= 11 is 0. The summed E-state index contributed by atoms with van der Waals surface area (Å²) in [6.45, 7) is 10.1. The number of benzene rings is 1. The normalized spacial score (nSPS) is 11.1. The Bertz CT molecular complexity index is 807. The molecule has 1 rings (SSSR count). The Hall–Kier alpha value is -2.24. The molecule has 10 heteroatoms. The lowest BCUT2D eigenvalue weighted by atomic mass is 10.1. The molecular formula is C35H61NO9. The highest BCUT2D eigenvalue weighted by Gasteiger charge is 2.07. The van der Waals surface area contributed by atoms with E-state index >= 15 is 0 Å². The summed E-state index contributed by atoms with van der Waals surface area (Å²) in [4.78, 5) is 23.9. The summed E-state index contributed by atoms with van der Waals surface area (Å²) in [7, 11) is 0. The van der Waals surface area contributed by atoms with Gasteiger partial charge in [0.1, 0.15) is 13.2 Å². The second-order valence-electron chi connectivity index (χ2n) is 10.9. The van der Waals surface area contributed by atoms with Gasteiger partial charge in [0.05, 0.1) is 71.6 Å². The van der Waals surface area contributed by atoms with E-state index < -0.39 is 0 Å². The summed E-state index contributed by atoms with van der Waals surface area (Å²) in [5.41, 5.74) is 1.52. The number of nitrogens with one attached hydrogen (secondary N) is 1. The second kappa shape index (κ2) is 31.7. The molecule has 0 saturated carbocycles. The molecule has 0 atom stereocenters. The standard InChI is InChI=1S/C35H61NO9/c1-3-5-7-8-9-10-11-12-13-14-34(37)44-30-28-42-26-24-40-22-20-39-21-23-41-25-27-43-29-31-45-35(38)32-15-17-33(18-16-32)36-19-6-4-2/h15-18,36H,3-14,19-31H2,1-2H3. The van der Waals surface area contributed by atoms with E-state index in [4.69, 9.17) is 33.2 Å². The molecular weight excluding hydrogens is 578 g/mol. The van der Waals surface area contributed by atoms with Gasteiger partial charge >= 0.3 is 11.9 Å². The number of rotatable bonds is 33. The molecule has 0 aliphatic carbocycles. The first-order valence-electron chi connectivity index (χ1n) is 17.2. The number of ether oxygens (including phenoxy) is 7. The van der Waals surface area contributed by atoms with Gasteiger partial charge in [-0.25, -0.2) is 4.79 Å².